The Labute approximate surface area is 90.7 Å². The lowest BCUT2D eigenvalue weighted by molar-refractivity contribution is 0.704. The van der Waals surface area contributed by atoms with E-state index in [2.05, 4.69) is 34.2 Å². The van der Waals surface area contributed by atoms with E-state index in [1.54, 1.807) is 0 Å². The van der Waals surface area contributed by atoms with E-state index < -0.39 is 0 Å². The van der Waals surface area contributed by atoms with E-state index >= 15 is 0 Å². The number of nitrogens with zero attached hydrogens (tertiary/aromatic N) is 3. The van der Waals surface area contributed by atoms with Crippen LogP contribution in [0.2, 0.25) is 0 Å². The maximum atomic E-state index is 4.57. The first-order valence-corrected chi connectivity index (χ1v) is 5.55. The lowest BCUT2D eigenvalue weighted by Crippen LogP contribution is -2.22. The molecule has 1 aliphatic carbocycles. The monoisotopic (exact) mass is 206 g/mol. The molecule has 1 aromatic rings. The van der Waals surface area contributed by atoms with Gasteiger partial charge in [0.1, 0.15) is 5.82 Å². The summed E-state index contributed by atoms with van der Waals surface area (Å²) in [7, 11) is 2.10. The van der Waals surface area contributed by atoms with E-state index in [9.17, 15) is 0 Å². The number of hydrogen-bond acceptors (Lipinski definition) is 4. The maximum absolute atomic E-state index is 4.57. The second-order valence-corrected chi connectivity index (χ2v) is 3.99. The number of rotatable bonds is 5. The molecular formula is C11H18N4. The first kappa shape index (κ1) is 10.4. The smallest absolute Gasteiger partial charge is 0.147 e. The van der Waals surface area contributed by atoms with Crippen molar-refractivity contribution in [1.29, 1.82) is 0 Å². The molecule has 1 aromatic heterocycles. The van der Waals surface area contributed by atoms with Crippen molar-refractivity contribution in [2.45, 2.75) is 32.4 Å². The van der Waals surface area contributed by atoms with Crippen molar-refractivity contribution >= 4 is 5.82 Å². The van der Waals surface area contributed by atoms with Gasteiger partial charge in [0.2, 0.25) is 0 Å². The van der Waals surface area contributed by atoms with Gasteiger partial charge in [-0.3, -0.25) is 4.98 Å². The van der Waals surface area contributed by atoms with Crippen molar-refractivity contribution in [3.05, 3.63) is 18.1 Å². The summed E-state index contributed by atoms with van der Waals surface area (Å²) >= 11 is 0. The Kier molecular flexibility index (Phi) is 3.16. The Balaban J connectivity index is 2.04. The normalized spacial score (nSPS) is 15.3. The average Bonchev–Trinajstić information content (AvgIpc) is 3.09. The quantitative estimate of drug-likeness (QED) is 0.785. The van der Waals surface area contributed by atoms with Gasteiger partial charge in [0.15, 0.2) is 0 Å². The molecule has 82 valence electrons. The molecule has 0 aliphatic heterocycles. The maximum Gasteiger partial charge on any atom is 0.147 e. The number of anilines is 1. The highest BCUT2D eigenvalue weighted by atomic mass is 15.2. The Bertz CT molecular complexity index is 322. The molecule has 0 amide bonds. The van der Waals surface area contributed by atoms with Crippen LogP contribution in [0.1, 0.15) is 25.5 Å². The molecule has 0 aromatic carbocycles. The van der Waals surface area contributed by atoms with Gasteiger partial charge in [-0.15, -0.1) is 0 Å². The summed E-state index contributed by atoms with van der Waals surface area (Å²) in [5.74, 6) is 0.993. The van der Waals surface area contributed by atoms with Gasteiger partial charge in [-0.25, -0.2) is 4.98 Å². The van der Waals surface area contributed by atoms with Gasteiger partial charge in [-0.2, -0.15) is 0 Å². The zero-order valence-electron chi connectivity index (χ0n) is 9.40. The third-order valence-corrected chi connectivity index (χ3v) is 2.68. The van der Waals surface area contributed by atoms with Crippen LogP contribution in [0.4, 0.5) is 5.82 Å². The first-order chi connectivity index (χ1) is 7.31. The van der Waals surface area contributed by atoms with E-state index in [1.165, 1.54) is 12.8 Å². The van der Waals surface area contributed by atoms with Crippen molar-refractivity contribution in [1.82, 2.24) is 15.3 Å². The molecule has 1 N–H and O–H groups in total. The van der Waals surface area contributed by atoms with Crippen molar-refractivity contribution in [2.24, 2.45) is 0 Å². The summed E-state index contributed by atoms with van der Waals surface area (Å²) in [5.41, 5.74) is 1.02. The fourth-order valence-electron chi connectivity index (χ4n) is 1.55. The summed E-state index contributed by atoms with van der Waals surface area (Å²) in [5, 5.41) is 3.25. The molecular weight excluding hydrogens is 188 g/mol. The molecule has 0 unspecified atom stereocenters. The van der Waals surface area contributed by atoms with Crippen molar-refractivity contribution in [3.63, 3.8) is 0 Å². The van der Waals surface area contributed by atoms with Gasteiger partial charge in [0.25, 0.3) is 0 Å². The molecule has 4 nitrogen and oxygen atoms in total. The van der Waals surface area contributed by atoms with Crippen LogP contribution in [0.3, 0.4) is 0 Å². The van der Waals surface area contributed by atoms with Crippen LogP contribution in [0.25, 0.3) is 0 Å². The Morgan fingerprint density at radius 3 is 2.93 bits per heavy atom. The van der Waals surface area contributed by atoms with Gasteiger partial charge in [-0.1, -0.05) is 6.92 Å². The van der Waals surface area contributed by atoms with Crippen LogP contribution >= 0.6 is 0 Å². The van der Waals surface area contributed by atoms with Crippen molar-refractivity contribution in [3.8, 4) is 0 Å². The second-order valence-electron chi connectivity index (χ2n) is 3.99. The molecule has 0 saturated heterocycles. The first-order valence-electron chi connectivity index (χ1n) is 5.55. The summed E-state index contributed by atoms with van der Waals surface area (Å²) in [6.45, 7) is 3.85. The van der Waals surface area contributed by atoms with E-state index in [0.29, 0.717) is 6.04 Å². The standard InChI is InChI=1S/C11H18N4/c1-3-12-6-9-7-13-8-11(14-9)15(2)10-4-5-10/h7-8,10,12H,3-6H2,1-2H3. The highest BCUT2D eigenvalue weighted by molar-refractivity contribution is 5.38. The van der Waals surface area contributed by atoms with Gasteiger partial charge in [-0.05, 0) is 19.4 Å². The predicted molar refractivity (Wildman–Crippen MR) is 60.8 cm³/mol. The average molecular weight is 206 g/mol. The lowest BCUT2D eigenvalue weighted by Gasteiger charge is -2.17. The minimum atomic E-state index is 0.689. The molecule has 0 atom stereocenters. The van der Waals surface area contributed by atoms with Crippen LogP contribution in [-0.2, 0) is 6.54 Å². The van der Waals surface area contributed by atoms with Crippen LogP contribution in [0.15, 0.2) is 12.4 Å². The van der Waals surface area contributed by atoms with Gasteiger partial charge < -0.3 is 10.2 Å². The summed E-state index contributed by atoms with van der Waals surface area (Å²) in [6.07, 6.45) is 6.24. The molecule has 1 fully saturated rings. The minimum absolute atomic E-state index is 0.689. The van der Waals surface area contributed by atoms with Crippen molar-refractivity contribution < 1.29 is 0 Å². The number of hydrogen-bond donors (Lipinski definition) is 1. The van der Waals surface area contributed by atoms with Gasteiger partial charge in [0.05, 0.1) is 11.9 Å². The minimum Gasteiger partial charge on any atom is -0.355 e. The molecule has 2 rings (SSSR count). The Hall–Kier alpha value is -1.16. The molecule has 0 bridgehead atoms. The molecule has 1 aliphatic rings. The van der Waals surface area contributed by atoms with E-state index in [-0.39, 0.29) is 0 Å². The van der Waals surface area contributed by atoms with E-state index in [1.807, 2.05) is 12.4 Å². The zero-order valence-corrected chi connectivity index (χ0v) is 9.40. The third-order valence-electron chi connectivity index (χ3n) is 2.68. The predicted octanol–water partition coefficient (Wildman–Crippen LogP) is 1.18. The van der Waals surface area contributed by atoms with Gasteiger partial charge in [0, 0.05) is 25.8 Å². The molecule has 0 spiro atoms. The van der Waals surface area contributed by atoms with E-state index in [4.69, 9.17) is 0 Å². The Morgan fingerprint density at radius 1 is 1.47 bits per heavy atom. The molecule has 0 radical (unpaired) electrons. The van der Waals surface area contributed by atoms with Crippen LogP contribution < -0.4 is 10.2 Å². The van der Waals surface area contributed by atoms with Crippen LogP contribution in [0.5, 0.6) is 0 Å². The highest BCUT2D eigenvalue weighted by Gasteiger charge is 2.27. The molecule has 1 heterocycles. The number of nitrogens with one attached hydrogen (secondary N) is 1. The zero-order chi connectivity index (χ0) is 10.7. The van der Waals surface area contributed by atoms with Crippen LogP contribution in [0, 0.1) is 0 Å². The molecule has 4 heteroatoms. The fourth-order valence-corrected chi connectivity index (χ4v) is 1.55. The molecule has 15 heavy (non-hydrogen) atoms. The molecule has 1 saturated carbocycles. The SMILES string of the molecule is CCNCc1cncc(N(C)C2CC2)n1. The Morgan fingerprint density at radius 2 is 2.27 bits per heavy atom. The fraction of sp³-hybridized carbons (Fsp3) is 0.636. The van der Waals surface area contributed by atoms with E-state index in [0.717, 1.165) is 24.6 Å². The topological polar surface area (TPSA) is 41.1 Å². The highest BCUT2D eigenvalue weighted by Crippen LogP contribution is 2.28. The third kappa shape index (κ3) is 2.65. The second kappa shape index (κ2) is 4.57. The lowest BCUT2D eigenvalue weighted by atomic mass is 10.4. The summed E-state index contributed by atoms with van der Waals surface area (Å²) < 4.78 is 0. The van der Waals surface area contributed by atoms with Crippen molar-refractivity contribution in [2.75, 3.05) is 18.5 Å². The summed E-state index contributed by atoms with van der Waals surface area (Å²) in [6, 6.07) is 0.689. The van der Waals surface area contributed by atoms with Gasteiger partial charge >= 0.3 is 0 Å². The number of aromatic nitrogens is 2. The van der Waals surface area contributed by atoms with Crippen LogP contribution in [-0.4, -0.2) is 29.6 Å². The largest absolute Gasteiger partial charge is 0.355 e. The summed E-state index contributed by atoms with van der Waals surface area (Å²) in [4.78, 5) is 11.0.